The second-order valence-corrected chi connectivity index (χ2v) is 8.43. The Balaban J connectivity index is 1.54. The zero-order valence-corrected chi connectivity index (χ0v) is 19.7. The molecule has 0 saturated carbocycles. The average Bonchev–Trinajstić information content (AvgIpc) is 3.46. The topological polar surface area (TPSA) is 152 Å². The third-order valence-corrected chi connectivity index (χ3v) is 5.59. The van der Waals surface area contributed by atoms with Crippen LogP contribution in [0.3, 0.4) is 0 Å². The largest absolute Gasteiger partial charge is 0.382 e. The van der Waals surface area contributed by atoms with Crippen LogP contribution in [0.25, 0.3) is 0 Å². The van der Waals surface area contributed by atoms with Crippen LogP contribution in [0.15, 0.2) is 52.8 Å². The van der Waals surface area contributed by atoms with Gasteiger partial charge in [-0.3, -0.25) is 19.2 Å². The average molecular weight is 487 g/mol. The van der Waals surface area contributed by atoms with Gasteiger partial charge in [-0.05, 0) is 26.2 Å². The molecule has 188 valence electrons. The van der Waals surface area contributed by atoms with Crippen molar-refractivity contribution in [2.45, 2.75) is 43.9 Å². The van der Waals surface area contributed by atoms with Gasteiger partial charge in [0, 0.05) is 13.2 Å². The van der Waals surface area contributed by atoms with Gasteiger partial charge in [-0.2, -0.15) is 0 Å². The second kappa shape index (κ2) is 12.2. The second-order valence-electron chi connectivity index (χ2n) is 8.43. The maximum absolute atomic E-state index is 12.9. The Morgan fingerprint density at radius 3 is 2.69 bits per heavy atom. The highest BCUT2D eigenvalue weighted by Crippen LogP contribution is 2.29. The SMILES string of the molecule is COC[C@H](NC(=O)c1ccon1)C(=O)NCC(=O)N[C@@H](CCC1=CCC=CC=C1)C(=O)[C@@]1(C)CO1. The van der Waals surface area contributed by atoms with E-state index in [2.05, 4.69) is 31.7 Å². The molecule has 3 amide bonds. The standard InChI is InChI=1S/C24H30N4O7/c1-24(15-34-24)21(30)17(10-9-16-7-5-3-4-6-8-16)26-20(29)13-25-22(31)19(14-33-2)27-23(32)18-11-12-35-28-18/h3-5,7-8,11-12,17,19H,6,9-10,13-15H2,1-2H3,(H,25,31)(H,26,29)(H,27,32)/t17-,19-,24+/m0/s1. The first-order chi connectivity index (χ1) is 16.8. The molecule has 0 bridgehead atoms. The highest BCUT2D eigenvalue weighted by molar-refractivity contribution is 5.98. The summed E-state index contributed by atoms with van der Waals surface area (Å²) in [5.74, 6) is -1.99. The van der Waals surface area contributed by atoms with Crippen LogP contribution in [0.5, 0.6) is 0 Å². The van der Waals surface area contributed by atoms with Crippen molar-refractivity contribution in [3.8, 4) is 0 Å². The van der Waals surface area contributed by atoms with E-state index >= 15 is 0 Å². The lowest BCUT2D eigenvalue weighted by molar-refractivity contribution is -0.131. The Morgan fingerprint density at radius 2 is 2.00 bits per heavy atom. The van der Waals surface area contributed by atoms with Crippen molar-refractivity contribution in [1.82, 2.24) is 21.1 Å². The number of nitrogens with zero attached hydrogens (tertiary/aromatic N) is 1. The van der Waals surface area contributed by atoms with Crippen molar-refractivity contribution in [2.75, 3.05) is 26.9 Å². The summed E-state index contributed by atoms with van der Waals surface area (Å²) in [7, 11) is 1.38. The van der Waals surface area contributed by atoms with Gasteiger partial charge in [-0.25, -0.2) is 0 Å². The number of ether oxygens (including phenoxy) is 2. The summed E-state index contributed by atoms with van der Waals surface area (Å²) in [5.41, 5.74) is 0.177. The maximum Gasteiger partial charge on any atom is 0.274 e. The Labute approximate surface area is 203 Å². The Kier molecular flexibility index (Phi) is 9.10. The minimum absolute atomic E-state index is 0.00296. The fourth-order valence-corrected chi connectivity index (χ4v) is 3.46. The molecule has 0 unspecified atom stereocenters. The number of hydrogen-bond acceptors (Lipinski definition) is 8. The van der Waals surface area contributed by atoms with Crippen molar-refractivity contribution in [3.05, 3.63) is 54.0 Å². The van der Waals surface area contributed by atoms with Gasteiger partial charge in [0.05, 0.1) is 25.8 Å². The van der Waals surface area contributed by atoms with Crippen LogP contribution in [0.2, 0.25) is 0 Å². The number of allylic oxidation sites excluding steroid dienone is 6. The van der Waals surface area contributed by atoms with Crippen LogP contribution in [0, 0.1) is 0 Å². The van der Waals surface area contributed by atoms with Gasteiger partial charge in [0.25, 0.3) is 5.91 Å². The molecule has 11 nitrogen and oxygen atoms in total. The summed E-state index contributed by atoms with van der Waals surface area (Å²) in [4.78, 5) is 50.2. The van der Waals surface area contributed by atoms with Crippen molar-refractivity contribution in [2.24, 2.45) is 0 Å². The van der Waals surface area contributed by atoms with E-state index in [-0.39, 0.29) is 24.6 Å². The number of carbonyl (C=O) groups is 4. The summed E-state index contributed by atoms with van der Waals surface area (Å²) in [5, 5.41) is 11.2. The zero-order chi connectivity index (χ0) is 25.3. The predicted octanol–water partition coefficient (Wildman–Crippen LogP) is 0.601. The van der Waals surface area contributed by atoms with Crippen LogP contribution in [0.1, 0.15) is 36.7 Å². The number of methoxy groups -OCH3 is 1. The molecule has 1 saturated heterocycles. The fraction of sp³-hybridized carbons (Fsp3) is 0.458. The van der Waals surface area contributed by atoms with Crippen molar-refractivity contribution in [3.63, 3.8) is 0 Å². The number of amides is 3. The number of epoxide rings is 1. The van der Waals surface area contributed by atoms with Crippen LogP contribution in [0.4, 0.5) is 0 Å². The van der Waals surface area contributed by atoms with Crippen molar-refractivity contribution < 1.29 is 33.2 Å². The summed E-state index contributed by atoms with van der Waals surface area (Å²) < 4.78 is 14.9. The highest BCUT2D eigenvalue weighted by atomic mass is 16.6. The molecule has 35 heavy (non-hydrogen) atoms. The molecule has 0 radical (unpaired) electrons. The molecule has 1 aromatic heterocycles. The minimum Gasteiger partial charge on any atom is -0.382 e. The van der Waals surface area contributed by atoms with E-state index in [9.17, 15) is 19.2 Å². The van der Waals surface area contributed by atoms with Gasteiger partial charge >= 0.3 is 0 Å². The predicted molar refractivity (Wildman–Crippen MR) is 124 cm³/mol. The van der Waals surface area contributed by atoms with E-state index in [1.165, 1.54) is 19.4 Å². The maximum atomic E-state index is 12.9. The number of aromatic nitrogens is 1. The van der Waals surface area contributed by atoms with E-state index in [0.29, 0.717) is 19.4 Å². The van der Waals surface area contributed by atoms with Gasteiger partial charge < -0.3 is 29.9 Å². The molecule has 1 aromatic rings. The minimum atomic E-state index is -1.06. The summed E-state index contributed by atoms with van der Waals surface area (Å²) in [6.07, 6.45) is 13.0. The van der Waals surface area contributed by atoms with Crippen LogP contribution in [-0.4, -0.2) is 73.2 Å². The van der Waals surface area contributed by atoms with E-state index in [4.69, 9.17) is 9.47 Å². The van der Waals surface area contributed by atoms with E-state index in [1.54, 1.807) is 6.92 Å². The van der Waals surface area contributed by atoms with Gasteiger partial charge in [-0.15, -0.1) is 0 Å². The Morgan fingerprint density at radius 1 is 1.20 bits per heavy atom. The third-order valence-electron chi connectivity index (χ3n) is 5.59. The molecule has 1 aliphatic heterocycles. The lowest BCUT2D eigenvalue weighted by Crippen LogP contribution is -2.53. The molecule has 2 heterocycles. The summed E-state index contributed by atoms with van der Waals surface area (Å²) in [6, 6.07) is -0.474. The van der Waals surface area contributed by atoms with E-state index in [1.807, 2.05) is 24.3 Å². The van der Waals surface area contributed by atoms with E-state index in [0.717, 1.165) is 12.0 Å². The first-order valence-electron chi connectivity index (χ1n) is 11.3. The third kappa shape index (κ3) is 7.72. The number of hydrogen-bond donors (Lipinski definition) is 3. The molecule has 0 spiro atoms. The molecule has 3 atom stereocenters. The molecule has 3 rings (SSSR count). The number of carbonyl (C=O) groups excluding carboxylic acids is 4. The monoisotopic (exact) mass is 486 g/mol. The number of rotatable bonds is 13. The van der Waals surface area contributed by atoms with Gasteiger partial charge in [0.15, 0.2) is 11.5 Å². The summed E-state index contributed by atoms with van der Waals surface area (Å²) >= 11 is 0. The molecule has 3 N–H and O–H groups in total. The summed E-state index contributed by atoms with van der Waals surface area (Å²) in [6.45, 7) is 1.50. The molecule has 11 heteroatoms. The lowest BCUT2D eigenvalue weighted by Gasteiger charge is -2.21. The molecule has 1 fully saturated rings. The first-order valence-corrected chi connectivity index (χ1v) is 11.3. The molecular formula is C24H30N4O7. The number of Topliss-reactive ketones (excluding diaryl/α,β-unsaturated/α-hetero) is 1. The highest BCUT2D eigenvalue weighted by Gasteiger charge is 2.49. The van der Waals surface area contributed by atoms with Gasteiger partial charge in [-0.1, -0.05) is 41.1 Å². The van der Waals surface area contributed by atoms with Crippen molar-refractivity contribution in [1.29, 1.82) is 0 Å². The normalized spacial score (nSPS) is 20.2. The lowest BCUT2D eigenvalue weighted by atomic mass is 9.94. The quantitative estimate of drug-likeness (QED) is 0.343. The van der Waals surface area contributed by atoms with Gasteiger partial charge in [0.2, 0.25) is 11.8 Å². The zero-order valence-electron chi connectivity index (χ0n) is 19.7. The molecule has 2 aliphatic rings. The Bertz CT molecular complexity index is 1010. The van der Waals surface area contributed by atoms with Crippen LogP contribution < -0.4 is 16.0 Å². The van der Waals surface area contributed by atoms with Crippen LogP contribution >= 0.6 is 0 Å². The van der Waals surface area contributed by atoms with Gasteiger partial charge in [0.1, 0.15) is 17.9 Å². The molecular weight excluding hydrogens is 456 g/mol. The molecule has 0 aromatic carbocycles. The van der Waals surface area contributed by atoms with Crippen LogP contribution in [-0.2, 0) is 23.9 Å². The number of nitrogens with one attached hydrogen (secondary N) is 3. The number of ketones is 1. The van der Waals surface area contributed by atoms with Crippen molar-refractivity contribution >= 4 is 23.5 Å². The first kappa shape index (κ1) is 26.0. The van der Waals surface area contributed by atoms with E-state index < -0.39 is 35.4 Å². The Hall–Kier alpha value is -3.57. The smallest absolute Gasteiger partial charge is 0.274 e. The fourth-order valence-electron chi connectivity index (χ4n) is 3.46. The molecule has 1 aliphatic carbocycles.